The van der Waals surface area contributed by atoms with E-state index in [0.29, 0.717) is 17.9 Å². The monoisotopic (exact) mass is 277 g/mol. The highest BCUT2D eigenvalue weighted by atomic mass is 19.1. The Morgan fingerprint density at radius 2 is 1.75 bits per heavy atom. The molecule has 20 heavy (non-hydrogen) atoms. The normalized spacial score (nSPS) is 24.9. The summed E-state index contributed by atoms with van der Waals surface area (Å²) < 4.78 is 13.1. The van der Waals surface area contributed by atoms with Crippen LogP contribution in [0.15, 0.2) is 24.3 Å². The fraction of sp³-hybridized carbons (Fsp3) is 0.357. The van der Waals surface area contributed by atoms with E-state index in [1.807, 2.05) is 0 Å². The standard InChI is InChI=1S/C14H12FNO4/c15-9-6-5-8(7-9)14(19)20-16-12(17)10-3-1-2-4-11(10)13(16)18/h1-4,8-9H,5-7H2. The molecule has 2 amide bonds. The highest BCUT2D eigenvalue weighted by Gasteiger charge is 2.41. The SMILES string of the molecule is O=C(ON1C(=O)c2ccccc2C1=O)C1CCC(F)C1. The maximum absolute atomic E-state index is 13.1. The van der Waals surface area contributed by atoms with Gasteiger partial charge in [-0.05, 0) is 31.4 Å². The number of hydroxylamine groups is 2. The predicted molar refractivity (Wildman–Crippen MR) is 65.3 cm³/mol. The number of benzene rings is 1. The third-order valence-electron chi connectivity index (χ3n) is 3.64. The van der Waals surface area contributed by atoms with Crippen molar-refractivity contribution < 1.29 is 23.6 Å². The van der Waals surface area contributed by atoms with Gasteiger partial charge in [0.25, 0.3) is 11.8 Å². The van der Waals surface area contributed by atoms with E-state index in [4.69, 9.17) is 4.84 Å². The lowest BCUT2D eigenvalue weighted by Crippen LogP contribution is -2.34. The summed E-state index contributed by atoms with van der Waals surface area (Å²) in [6.07, 6.45) is -0.248. The average Bonchev–Trinajstić information content (AvgIpc) is 2.98. The summed E-state index contributed by atoms with van der Waals surface area (Å²) >= 11 is 0. The fourth-order valence-corrected chi connectivity index (χ4v) is 2.56. The summed E-state index contributed by atoms with van der Waals surface area (Å²) in [6, 6.07) is 6.24. The van der Waals surface area contributed by atoms with Crippen LogP contribution in [0.3, 0.4) is 0 Å². The average molecular weight is 277 g/mol. The molecule has 2 aliphatic rings. The van der Waals surface area contributed by atoms with E-state index in [0.717, 1.165) is 0 Å². The van der Waals surface area contributed by atoms with Gasteiger partial charge in [0.1, 0.15) is 6.17 Å². The van der Waals surface area contributed by atoms with Crippen LogP contribution in [-0.2, 0) is 9.63 Å². The molecule has 1 aliphatic heterocycles. The molecule has 0 spiro atoms. The molecular formula is C14H12FNO4. The summed E-state index contributed by atoms with van der Waals surface area (Å²) in [5, 5.41) is 0.471. The molecule has 1 aliphatic carbocycles. The number of carbonyl (C=O) groups is 3. The number of alkyl halides is 1. The van der Waals surface area contributed by atoms with Crippen LogP contribution in [0.25, 0.3) is 0 Å². The van der Waals surface area contributed by atoms with Crippen LogP contribution < -0.4 is 0 Å². The van der Waals surface area contributed by atoms with Gasteiger partial charge < -0.3 is 4.84 Å². The Bertz CT molecular complexity index is 566. The van der Waals surface area contributed by atoms with Crippen LogP contribution in [0.1, 0.15) is 40.0 Å². The van der Waals surface area contributed by atoms with Crippen molar-refractivity contribution in [1.29, 1.82) is 0 Å². The minimum atomic E-state index is -1.02. The number of hydrogen-bond donors (Lipinski definition) is 0. The summed E-state index contributed by atoms with van der Waals surface area (Å²) in [6.45, 7) is 0. The Balaban J connectivity index is 1.75. The van der Waals surface area contributed by atoms with Crippen molar-refractivity contribution in [1.82, 2.24) is 5.06 Å². The summed E-state index contributed by atoms with van der Waals surface area (Å²) in [7, 11) is 0. The van der Waals surface area contributed by atoms with Gasteiger partial charge in [-0.1, -0.05) is 17.2 Å². The van der Waals surface area contributed by atoms with Crippen LogP contribution >= 0.6 is 0 Å². The minimum absolute atomic E-state index is 0.0853. The molecule has 6 heteroatoms. The van der Waals surface area contributed by atoms with Gasteiger partial charge >= 0.3 is 5.97 Å². The summed E-state index contributed by atoms with van der Waals surface area (Å²) in [5.41, 5.74) is 0.417. The third-order valence-corrected chi connectivity index (χ3v) is 3.64. The molecule has 1 fully saturated rings. The molecule has 3 rings (SSSR count). The van der Waals surface area contributed by atoms with Gasteiger partial charge in [-0.3, -0.25) is 9.59 Å². The van der Waals surface area contributed by atoms with Gasteiger partial charge in [0.15, 0.2) is 0 Å². The second-order valence-corrected chi connectivity index (χ2v) is 4.97. The molecular weight excluding hydrogens is 265 g/mol. The first kappa shape index (κ1) is 12.8. The van der Waals surface area contributed by atoms with Crippen molar-refractivity contribution in [3.05, 3.63) is 35.4 Å². The number of amides is 2. The Hall–Kier alpha value is -2.24. The van der Waals surface area contributed by atoms with Crippen molar-refractivity contribution in [2.24, 2.45) is 5.92 Å². The number of fused-ring (bicyclic) bond motifs is 1. The van der Waals surface area contributed by atoms with Gasteiger partial charge in [0.2, 0.25) is 0 Å². The van der Waals surface area contributed by atoms with Crippen LogP contribution in [0, 0.1) is 5.92 Å². The van der Waals surface area contributed by atoms with Crippen LogP contribution in [-0.4, -0.2) is 29.0 Å². The zero-order valence-electron chi connectivity index (χ0n) is 10.5. The highest BCUT2D eigenvalue weighted by Crippen LogP contribution is 2.30. The smallest absolute Gasteiger partial charge is 0.329 e. The van der Waals surface area contributed by atoms with E-state index in [2.05, 4.69) is 0 Å². The Kier molecular flexibility index (Phi) is 3.00. The summed E-state index contributed by atoms with van der Waals surface area (Å²) in [5.74, 6) is -2.63. The lowest BCUT2D eigenvalue weighted by molar-refractivity contribution is -0.173. The first-order valence-corrected chi connectivity index (χ1v) is 6.41. The van der Waals surface area contributed by atoms with E-state index in [9.17, 15) is 18.8 Å². The molecule has 1 aromatic carbocycles. The maximum atomic E-state index is 13.1. The first-order valence-electron chi connectivity index (χ1n) is 6.41. The Morgan fingerprint density at radius 3 is 2.25 bits per heavy atom. The number of halogens is 1. The van der Waals surface area contributed by atoms with Crippen molar-refractivity contribution in [2.75, 3.05) is 0 Å². The maximum Gasteiger partial charge on any atom is 0.336 e. The number of carbonyl (C=O) groups excluding carboxylic acids is 3. The van der Waals surface area contributed by atoms with E-state index < -0.39 is 29.9 Å². The molecule has 0 N–H and O–H groups in total. The Morgan fingerprint density at radius 1 is 1.15 bits per heavy atom. The predicted octanol–water partition coefficient (Wildman–Crippen LogP) is 1.88. The quantitative estimate of drug-likeness (QED) is 0.774. The lowest BCUT2D eigenvalue weighted by Gasteiger charge is -2.15. The number of nitrogens with zero attached hydrogens (tertiary/aromatic N) is 1. The van der Waals surface area contributed by atoms with E-state index in [1.54, 1.807) is 12.1 Å². The molecule has 5 nitrogen and oxygen atoms in total. The number of hydrogen-bond acceptors (Lipinski definition) is 4. The van der Waals surface area contributed by atoms with Crippen LogP contribution in [0.4, 0.5) is 4.39 Å². The van der Waals surface area contributed by atoms with E-state index in [1.165, 1.54) is 12.1 Å². The van der Waals surface area contributed by atoms with Gasteiger partial charge in [-0.15, -0.1) is 0 Å². The van der Waals surface area contributed by atoms with Crippen molar-refractivity contribution in [3.8, 4) is 0 Å². The highest BCUT2D eigenvalue weighted by molar-refractivity contribution is 6.20. The van der Waals surface area contributed by atoms with Gasteiger partial charge in [-0.2, -0.15) is 0 Å². The van der Waals surface area contributed by atoms with Gasteiger partial charge in [0.05, 0.1) is 17.0 Å². The third kappa shape index (κ3) is 1.97. The van der Waals surface area contributed by atoms with Crippen molar-refractivity contribution in [3.63, 3.8) is 0 Å². The van der Waals surface area contributed by atoms with Crippen molar-refractivity contribution in [2.45, 2.75) is 25.4 Å². The fourth-order valence-electron chi connectivity index (χ4n) is 2.56. The van der Waals surface area contributed by atoms with Crippen molar-refractivity contribution >= 4 is 17.8 Å². The molecule has 0 bridgehead atoms. The van der Waals surface area contributed by atoms with Gasteiger partial charge in [-0.25, -0.2) is 9.18 Å². The van der Waals surface area contributed by atoms with E-state index in [-0.39, 0.29) is 17.5 Å². The second-order valence-electron chi connectivity index (χ2n) is 4.97. The molecule has 2 unspecified atom stereocenters. The minimum Gasteiger partial charge on any atom is -0.329 e. The lowest BCUT2D eigenvalue weighted by atomic mass is 10.1. The molecule has 0 aromatic heterocycles. The van der Waals surface area contributed by atoms with E-state index >= 15 is 0 Å². The summed E-state index contributed by atoms with van der Waals surface area (Å²) in [4.78, 5) is 40.7. The molecule has 2 atom stereocenters. The molecule has 0 radical (unpaired) electrons. The van der Waals surface area contributed by atoms with Crippen LogP contribution in [0.5, 0.6) is 0 Å². The van der Waals surface area contributed by atoms with Gasteiger partial charge in [0, 0.05) is 0 Å². The zero-order valence-corrected chi connectivity index (χ0v) is 10.5. The second kappa shape index (κ2) is 4.70. The number of imide groups is 1. The topological polar surface area (TPSA) is 63.7 Å². The molecule has 1 heterocycles. The zero-order chi connectivity index (χ0) is 14.3. The first-order chi connectivity index (χ1) is 9.58. The molecule has 1 saturated carbocycles. The largest absolute Gasteiger partial charge is 0.336 e. The van der Waals surface area contributed by atoms with Crippen LogP contribution in [0.2, 0.25) is 0 Å². The molecule has 1 aromatic rings. The number of rotatable bonds is 2. The molecule has 0 saturated heterocycles. The molecule has 104 valence electrons. The Labute approximate surface area is 114 Å².